The monoisotopic (exact) mass is 423 g/mol. The molecule has 0 fully saturated rings. The van der Waals surface area contributed by atoms with E-state index in [9.17, 15) is 0 Å². The van der Waals surface area contributed by atoms with Crippen molar-refractivity contribution in [1.29, 1.82) is 0 Å². The number of aromatic nitrogens is 1. The van der Waals surface area contributed by atoms with Crippen molar-refractivity contribution in [3.63, 3.8) is 0 Å². The molecule has 0 amide bonds. The molecule has 0 aliphatic carbocycles. The summed E-state index contributed by atoms with van der Waals surface area (Å²) in [5.41, 5.74) is 7.99. The Morgan fingerprint density at radius 1 is 1.21 bits per heavy atom. The second-order valence-electron chi connectivity index (χ2n) is 3.85. The lowest BCUT2D eigenvalue weighted by atomic mass is 10.2. The molecule has 0 atom stereocenters. The molecule has 2 aromatic rings. The van der Waals surface area contributed by atoms with E-state index in [1.807, 2.05) is 19.1 Å². The van der Waals surface area contributed by atoms with Crippen LogP contribution in [0.25, 0.3) is 0 Å². The number of pyridine rings is 1. The highest BCUT2D eigenvalue weighted by molar-refractivity contribution is 9.11. The Balaban J connectivity index is 2.43. The second kappa shape index (κ2) is 5.87. The average molecular weight is 426 g/mol. The van der Waals surface area contributed by atoms with E-state index in [4.69, 9.17) is 28.9 Å². The first-order chi connectivity index (χ1) is 8.91. The van der Waals surface area contributed by atoms with Crippen LogP contribution < -0.4 is 11.1 Å². The maximum Gasteiger partial charge on any atom is 0.145 e. The van der Waals surface area contributed by atoms with Crippen LogP contribution in [0.2, 0.25) is 10.0 Å². The Bertz CT molecular complexity index is 592. The molecule has 7 heteroatoms. The first-order valence-electron chi connectivity index (χ1n) is 5.23. The number of anilines is 3. The molecule has 0 saturated heterocycles. The van der Waals surface area contributed by atoms with Gasteiger partial charge in [0.1, 0.15) is 5.82 Å². The maximum absolute atomic E-state index is 6.18. The molecule has 1 heterocycles. The molecule has 0 unspecified atom stereocenters. The predicted molar refractivity (Wildman–Crippen MR) is 88.5 cm³/mol. The van der Waals surface area contributed by atoms with Gasteiger partial charge in [0, 0.05) is 4.47 Å². The van der Waals surface area contributed by atoms with Gasteiger partial charge in [-0.25, -0.2) is 4.98 Å². The molecule has 0 saturated carbocycles. The van der Waals surface area contributed by atoms with Crippen LogP contribution in [0.3, 0.4) is 0 Å². The smallest absolute Gasteiger partial charge is 0.145 e. The molecule has 100 valence electrons. The summed E-state index contributed by atoms with van der Waals surface area (Å²) in [5, 5.41) is 4.01. The summed E-state index contributed by atoms with van der Waals surface area (Å²) >= 11 is 19.0. The summed E-state index contributed by atoms with van der Waals surface area (Å²) in [4.78, 5) is 4.23. The van der Waals surface area contributed by atoms with E-state index in [0.29, 0.717) is 27.2 Å². The van der Waals surface area contributed by atoms with Gasteiger partial charge in [-0.3, -0.25) is 0 Å². The number of rotatable bonds is 2. The van der Waals surface area contributed by atoms with Gasteiger partial charge in [-0.1, -0.05) is 23.2 Å². The van der Waals surface area contributed by atoms with Crippen molar-refractivity contribution >= 4 is 72.3 Å². The van der Waals surface area contributed by atoms with Gasteiger partial charge in [0.15, 0.2) is 0 Å². The molecule has 19 heavy (non-hydrogen) atoms. The highest BCUT2D eigenvalue weighted by Gasteiger charge is 2.12. The van der Waals surface area contributed by atoms with E-state index < -0.39 is 0 Å². The quantitative estimate of drug-likeness (QED) is 0.620. The van der Waals surface area contributed by atoms with E-state index in [1.165, 1.54) is 0 Å². The Morgan fingerprint density at radius 3 is 2.58 bits per heavy atom. The molecular weight excluding hydrogens is 417 g/mol. The Hall–Kier alpha value is -0.490. The molecule has 0 aliphatic heterocycles. The third kappa shape index (κ3) is 2.99. The zero-order valence-electron chi connectivity index (χ0n) is 9.77. The van der Waals surface area contributed by atoms with Crippen LogP contribution in [0.1, 0.15) is 5.56 Å². The lowest BCUT2D eigenvalue weighted by Gasteiger charge is -2.13. The molecule has 2 rings (SSSR count). The Morgan fingerprint density at radius 2 is 1.89 bits per heavy atom. The van der Waals surface area contributed by atoms with E-state index in [2.05, 4.69) is 42.2 Å². The number of hydrogen-bond acceptors (Lipinski definition) is 3. The molecule has 0 spiro atoms. The van der Waals surface area contributed by atoms with Gasteiger partial charge in [-0.2, -0.15) is 0 Å². The number of nitrogens with two attached hydrogens (primary N) is 1. The molecule has 0 aliphatic rings. The van der Waals surface area contributed by atoms with Crippen LogP contribution >= 0.6 is 55.1 Å². The molecule has 3 nitrogen and oxygen atoms in total. The van der Waals surface area contributed by atoms with E-state index in [0.717, 1.165) is 14.5 Å². The first kappa shape index (κ1) is 14.9. The van der Waals surface area contributed by atoms with Crippen LogP contribution in [0, 0.1) is 6.92 Å². The largest absolute Gasteiger partial charge is 0.397 e. The van der Waals surface area contributed by atoms with Crippen molar-refractivity contribution in [3.05, 3.63) is 42.9 Å². The number of benzene rings is 1. The molecule has 1 aromatic heterocycles. The van der Waals surface area contributed by atoms with Gasteiger partial charge in [0.25, 0.3) is 0 Å². The zero-order chi connectivity index (χ0) is 14.2. The number of hydrogen-bond donors (Lipinski definition) is 2. The highest BCUT2D eigenvalue weighted by atomic mass is 79.9. The lowest BCUT2D eigenvalue weighted by Crippen LogP contribution is -2.00. The van der Waals surface area contributed by atoms with Crippen molar-refractivity contribution < 1.29 is 0 Å². The number of halogens is 4. The van der Waals surface area contributed by atoms with E-state index in [-0.39, 0.29) is 0 Å². The minimum absolute atomic E-state index is 0.430. The van der Waals surface area contributed by atoms with Gasteiger partial charge in [-0.15, -0.1) is 0 Å². The Kier molecular flexibility index (Phi) is 4.61. The molecular formula is C12H9Br2Cl2N3. The van der Waals surface area contributed by atoms with Crippen molar-refractivity contribution in [3.8, 4) is 0 Å². The molecule has 3 N–H and O–H groups in total. The van der Waals surface area contributed by atoms with E-state index in [1.54, 1.807) is 6.20 Å². The van der Waals surface area contributed by atoms with Crippen molar-refractivity contribution in [2.45, 2.75) is 6.92 Å². The summed E-state index contributed by atoms with van der Waals surface area (Å²) in [7, 11) is 0. The summed E-state index contributed by atoms with van der Waals surface area (Å²) in [6, 6.07) is 3.63. The van der Waals surface area contributed by atoms with Gasteiger partial charge in [0.05, 0.1) is 32.1 Å². The third-order valence-electron chi connectivity index (χ3n) is 2.59. The van der Waals surface area contributed by atoms with Gasteiger partial charge < -0.3 is 11.1 Å². The fourth-order valence-corrected chi connectivity index (χ4v) is 2.68. The van der Waals surface area contributed by atoms with Crippen LogP contribution in [0.4, 0.5) is 17.2 Å². The fourth-order valence-electron chi connectivity index (χ4n) is 1.43. The summed E-state index contributed by atoms with van der Waals surface area (Å²) in [6.07, 6.45) is 1.59. The number of nitrogens with one attached hydrogen (secondary N) is 1. The van der Waals surface area contributed by atoms with E-state index >= 15 is 0 Å². The standard InChI is InChI=1S/C12H9Br2Cl2N3/c1-5-7(17)4-18-12(9(5)14)19-8-3-2-6(13)10(15)11(8)16/h2-4H,17H2,1H3,(H,18,19). The minimum atomic E-state index is 0.430. The van der Waals surface area contributed by atoms with Crippen LogP contribution in [-0.4, -0.2) is 4.98 Å². The topological polar surface area (TPSA) is 50.9 Å². The van der Waals surface area contributed by atoms with Crippen LogP contribution in [0.5, 0.6) is 0 Å². The third-order valence-corrected chi connectivity index (χ3v) is 5.33. The van der Waals surface area contributed by atoms with Crippen molar-refractivity contribution in [2.24, 2.45) is 0 Å². The van der Waals surface area contributed by atoms with Gasteiger partial charge >= 0.3 is 0 Å². The molecule has 0 bridgehead atoms. The van der Waals surface area contributed by atoms with Crippen molar-refractivity contribution in [2.75, 3.05) is 11.1 Å². The summed E-state index contributed by atoms with van der Waals surface area (Å²) in [6.45, 7) is 1.91. The zero-order valence-corrected chi connectivity index (χ0v) is 14.5. The van der Waals surface area contributed by atoms with Crippen molar-refractivity contribution in [1.82, 2.24) is 4.98 Å². The molecule has 0 radical (unpaired) electrons. The fraction of sp³-hybridized carbons (Fsp3) is 0.0833. The normalized spacial score (nSPS) is 10.6. The Labute approximate surface area is 137 Å². The predicted octanol–water partition coefficient (Wildman–Crippen LogP) is 5.55. The number of nitrogen functional groups attached to an aromatic ring is 1. The van der Waals surface area contributed by atoms with Gasteiger partial charge in [-0.05, 0) is 56.5 Å². The SMILES string of the molecule is Cc1c(N)cnc(Nc2ccc(Br)c(Cl)c2Cl)c1Br. The highest BCUT2D eigenvalue weighted by Crippen LogP contribution is 2.38. The summed E-state index contributed by atoms with van der Waals surface area (Å²) in [5.74, 6) is 0.631. The average Bonchev–Trinajstić information content (AvgIpc) is 2.39. The van der Waals surface area contributed by atoms with Crippen LogP contribution in [0.15, 0.2) is 27.3 Å². The van der Waals surface area contributed by atoms with Gasteiger partial charge in [0.2, 0.25) is 0 Å². The second-order valence-corrected chi connectivity index (χ2v) is 6.25. The summed E-state index contributed by atoms with van der Waals surface area (Å²) < 4.78 is 1.54. The lowest BCUT2D eigenvalue weighted by molar-refractivity contribution is 1.25. The van der Waals surface area contributed by atoms with Crippen LogP contribution in [-0.2, 0) is 0 Å². The minimum Gasteiger partial charge on any atom is -0.397 e. The maximum atomic E-state index is 6.18. The first-order valence-corrected chi connectivity index (χ1v) is 7.57. The number of nitrogens with zero attached hydrogens (tertiary/aromatic N) is 1. The molecule has 1 aromatic carbocycles.